The summed E-state index contributed by atoms with van der Waals surface area (Å²) < 4.78 is 22.6. The van der Waals surface area contributed by atoms with E-state index in [1.165, 1.54) is 6.26 Å². The fourth-order valence-electron chi connectivity index (χ4n) is 2.39. The second kappa shape index (κ2) is 9.43. The van der Waals surface area contributed by atoms with Crippen molar-refractivity contribution in [3.63, 3.8) is 0 Å². The van der Waals surface area contributed by atoms with Gasteiger partial charge in [-0.05, 0) is 31.9 Å². The van der Waals surface area contributed by atoms with Crippen LogP contribution in [0.2, 0.25) is 5.02 Å². The van der Waals surface area contributed by atoms with Gasteiger partial charge in [0.2, 0.25) is 0 Å². The van der Waals surface area contributed by atoms with Gasteiger partial charge in [0.15, 0.2) is 5.96 Å². The molecule has 0 saturated heterocycles. The van der Waals surface area contributed by atoms with Crippen molar-refractivity contribution >= 4 is 27.4 Å². The molecule has 0 bridgehead atoms. The van der Waals surface area contributed by atoms with Crippen LogP contribution >= 0.6 is 11.6 Å². The van der Waals surface area contributed by atoms with Crippen molar-refractivity contribution in [1.29, 1.82) is 0 Å². The number of hydrogen-bond donors (Lipinski definition) is 2. The lowest BCUT2D eigenvalue weighted by molar-refractivity contribution is 0.534. The molecule has 1 atom stereocenters. The van der Waals surface area contributed by atoms with Crippen molar-refractivity contribution in [1.82, 2.24) is 10.6 Å². The van der Waals surface area contributed by atoms with E-state index in [-0.39, 0.29) is 17.2 Å². The molecule has 5 nitrogen and oxygen atoms in total. The lowest BCUT2D eigenvalue weighted by atomic mass is 9.85. The third-order valence-corrected chi connectivity index (χ3v) is 5.19. The number of halogens is 1. The third-order valence-electron chi connectivity index (χ3n) is 3.88. The smallest absolute Gasteiger partial charge is 0.191 e. The first-order valence-corrected chi connectivity index (χ1v) is 11.0. The maximum Gasteiger partial charge on any atom is 0.191 e. The standard InChI is InChI=1S/C18H30ClN3O2S/c1-6-20-17(22-14(2)11-12-25(5,23)24)21-13-18(3,4)15-9-7-8-10-16(15)19/h7-10,14H,6,11-13H2,1-5H3,(H2,20,21,22). The molecular formula is C18H30ClN3O2S. The van der Waals surface area contributed by atoms with E-state index in [2.05, 4.69) is 29.5 Å². The molecular weight excluding hydrogens is 358 g/mol. The van der Waals surface area contributed by atoms with E-state index in [1.54, 1.807) is 0 Å². The fraction of sp³-hybridized carbons (Fsp3) is 0.611. The van der Waals surface area contributed by atoms with Gasteiger partial charge in [-0.15, -0.1) is 0 Å². The highest BCUT2D eigenvalue weighted by molar-refractivity contribution is 7.90. The van der Waals surface area contributed by atoms with Gasteiger partial charge >= 0.3 is 0 Å². The normalized spacial score (nSPS) is 14.2. The van der Waals surface area contributed by atoms with Gasteiger partial charge in [-0.1, -0.05) is 43.6 Å². The van der Waals surface area contributed by atoms with Crippen LogP contribution in [0.3, 0.4) is 0 Å². The van der Waals surface area contributed by atoms with Crippen molar-refractivity contribution in [2.75, 3.05) is 25.1 Å². The Labute approximate surface area is 157 Å². The van der Waals surface area contributed by atoms with Crippen molar-refractivity contribution in [3.8, 4) is 0 Å². The van der Waals surface area contributed by atoms with Crippen LogP contribution in [0.25, 0.3) is 0 Å². The highest BCUT2D eigenvalue weighted by atomic mass is 35.5. The van der Waals surface area contributed by atoms with Gasteiger partial charge in [-0.3, -0.25) is 4.99 Å². The average Bonchev–Trinajstić information content (AvgIpc) is 2.50. The summed E-state index contributed by atoms with van der Waals surface area (Å²) in [4.78, 5) is 4.67. The maximum atomic E-state index is 11.3. The Morgan fingerprint density at radius 1 is 1.32 bits per heavy atom. The minimum absolute atomic E-state index is 0.0101. The molecule has 1 aromatic carbocycles. The largest absolute Gasteiger partial charge is 0.357 e. The highest BCUT2D eigenvalue weighted by Gasteiger charge is 2.23. The summed E-state index contributed by atoms with van der Waals surface area (Å²) in [6.45, 7) is 9.46. The van der Waals surface area contributed by atoms with Gasteiger partial charge in [0.1, 0.15) is 9.84 Å². The molecule has 0 aliphatic heterocycles. The van der Waals surface area contributed by atoms with Gasteiger partial charge in [0.25, 0.3) is 0 Å². The second-order valence-electron chi connectivity index (χ2n) is 7.02. The van der Waals surface area contributed by atoms with Gasteiger partial charge in [0.05, 0.1) is 12.3 Å². The first kappa shape index (κ1) is 21.8. The molecule has 0 radical (unpaired) electrons. The predicted molar refractivity (Wildman–Crippen MR) is 107 cm³/mol. The Balaban J connectivity index is 2.79. The van der Waals surface area contributed by atoms with E-state index in [0.717, 1.165) is 17.1 Å². The Bertz CT molecular complexity index is 687. The topological polar surface area (TPSA) is 70.6 Å². The summed E-state index contributed by atoms with van der Waals surface area (Å²) in [7, 11) is -2.96. The summed E-state index contributed by atoms with van der Waals surface area (Å²) in [6, 6.07) is 7.81. The minimum Gasteiger partial charge on any atom is -0.357 e. The van der Waals surface area contributed by atoms with Gasteiger partial charge < -0.3 is 10.6 Å². The number of nitrogens with one attached hydrogen (secondary N) is 2. The molecule has 1 rings (SSSR count). The molecule has 1 unspecified atom stereocenters. The Hall–Kier alpha value is -1.27. The molecule has 25 heavy (non-hydrogen) atoms. The van der Waals surface area contributed by atoms with Crippen LogP contribution in [-0.2, 0) is 15.3 Å². The second-order valence-corrected chi connectivity index (χ2v) is 9.69. The van der Waals surface area contributed by atoms with E-state index >= 15 is 0 Å². The van der Waals surface area contributed by atoms with E-state index < -0.39 is 9.84 Å². The molecule has 7 heteroatoms. The van der Waals surface area contributed by atoms with E-state index in [1.807, 2.05) is 38.1 Å². The van der Waals surface area contributed by atoms with Gasteiger partial charge in [0, 0.05) is 29.3 Å². The van der Waals surface area contributed by atoms with Crippen molar-refractivity contribution in [2.45, 2.75) is 45.6 Å². The van der Waals surface area contributed by atoms with E-state index in [9.17, 15) is 8.42 Å². The summed E-state index contributed by atoms with van der Waals surface area (Å²) in [5.74, 6) is 0.842. The summed E-state index contributed by atoms with van der Waals surface area (Å²) >= 11 is 6.32. The predicted octanol–water partition coefficient (Wildman–Crippen LogP) is 3.00. The number of hydrogen-bond acceptors (Lipinski definition) is 3. The zero-order chi connectivity index (χ0) is 19.1. The molecule has 142 valence electrons. The molecule has 0 aromatic heterocycles. The van der Waals surface area contributed by atoms with Gasteiger partial charge in [-0.25, -0.2) is 8.42 Å². The molecule has 0 amide bonds. The van der Waals surface area contributed by atoms with Crippen molar-refractivity contribution < 1.29 is 8.42 Å². The molecule has 0 aliphatic carbocycles. The third kappa shape index (κ3) is 8.10. The monoisotopic (exact) mass is 387 g/mol. The molecule has 0 saturated carbocycles. The zero-order valence-electron chi connectivity index (χ0n) is 15.8. The maximum absolute atomic E-state index is 11.3. The lowest BCUT2D eigenvalue weighted by Crippen LogP contribution is -2.43. The number of sulfone groups is 1. The lowest BCUT2D eigenvalue weighted by Gasteiger charge is -2.25. The van der Waals surface area contributed by atoms with Crippen LogP contribution in [0.1, 0.15) is 39.7 Å². The summed E-state index contributed by atoms with van der Waals surface area (Å²) in [5, 5.41) is 7.21. The number of nitrogens with zero attached hydrogens (tertiary/aromatic N) is 1. The first-order valence-electron chi connectivity index (χ1n) is 8.52. The van der Waals surface area contributed by atoms with Crippen molar-refractivity contribution in [2.24, 2.45) is 4.99 Å². The van der Waals surface area contributed by atoms with Crippen LogP contribution < -0.4 is 10.6 Å². The van der Waals surface area contributed by atoms with Crippen LogP contribution in [0.15, 0.2) is 29.3 Å². The molecule has 0 heterocycles. The Kier molecular flexibility index (Phi) is 8.22. The average molecular weight is 388 g/mol. The zero-order valence-corrected chi connectivity index (χ0v) is 17.3. The Morgan fingerprint density at radius 2 is 1.96 bits per heavy atom. The van der Waals surface area contributed by atoms with Crippen LogP contribution in [0.4, 0.5) is 0 Å². The summed E-state index contributed by atoms with van der Waals surface area (Å²) in [6.07, 6.45) is 1.79. The van der Waals surface area contributed by atoms with Gasteiger partial charge in [-0.2, -0.15) is 0 Å². The van der Waals surface area contributed by atoms with E-state index in [0.29, 0.717) is 18.9 Å². The van der Waals surface area contributed by atoms with Crippen LogP contribution in [0, 0.1) is 0 Å². The molecule has 0 spiro atoms. The quantitative estimate of drug-likeness (QED) is 0.531. The molecule has 2 N–H and O–H groups in total. The number of guanidine groups is 1. The first-order chi connectivity index (χ1) is 11.5. The van der Waals surface area contributed by atoms with Crippen LogP contribution in [-0.4, -0.2) is 45.5 Å². The molecule has 1 aromatic rings. The highest BCUT2D eigenvalue weighted by Crippen LogP contribution is 2.29. The van der Waals surface area contributed by atoms with Crippen molar-refractivity contribution in [3.05, 3.63) is 34.9 Å². The Morgan fingerprint density at radius 3 is 2.52 bits per heavy atom. The van der Waals surface area contributed by atoms with E-state index in [4.69, 9.17) is 11.6 Å². The fourth-order valence-corrected chi connectivity index (χ4v) is 3.56. The number of rotatable bonds is 8. The molecule has 0 fully saturated rings. The number of benzene rings is 1. The number of aliphatic imine (C=N–C) groups is 1. The van der Waals surface area contributed by atoms with Crippen LogP contribution in [0.5, 0.6) is 0 Å². The SMILES string of the molecule is CCNC(=NCC(C)(C)c1ccccc1Cl)NC(C)CCS(C)(=O)=O. The summed E-state index contributed by atoms with van der Waals surface area (Å²) in [5.41, 5.74) is 0.845. The molecule has 0 aliphatic rings. The minimum atomic E-state index is -2.96.